The zero-order chi connectivity index (χ0) is 21.1. The molecule has 2 rings (SSSR count). The summed E-state index contributed by atoms with van der Waals surface area (Å²) in [6.07, 6.45) is 6.74. The van der Waals surface area contributed by atoms with Gasteiger partial charge in [-0.2, -0.15) is 0 Å². The lowest BCUT2D eigenvalue weighted by Gasteiger charge is -2.37. The SMILES string of the molecule is CCc1cc(N)cc(Cl)c1C.CN=C/C(C)=C(\C1CCC1)N(COC)COC. The highest BCUT2D eigenvalue weighted by atomic mass is 35.5. The number of nitrogens with two attached hydrogens (primary N) is 1. The van der Waals surface area contributed by atoms with Crippen LogP contribution in [-0.2, 0) is 15.9 Å². The maximum Gasteiger partial charge on any atom is 0.120 e. The van der Waals surface area contributed by atoms with Crippen LogP contribution in [0.4, 0.5) is 5.69 Å². The molecule has 0 aromatic heterocycles. The van der Waals surface area contributed by atoms with Gasteiger partial charge < -0.3 is 20.1 Å². The Morgan fingerprint density at radius 1 is 1.29 bits per heavy atom. The average molecular weight is 410 g/mol. The Morgan fingerprint density at radius 2 is 1.89 bits per heavy atom. The third kappa shape index (κ3) is 7.12. The molecule has 0 saturated heterocycles. The second-order valence-electron chi connectivity index (χ2n) is 7.10. The molecule has 0 heterocycles. The molecular formula is C22H36ClN3O2. The quantitative estimate of drug-likeness (QED) is 0.370. The summed E-state index contributed by atoms with van der Waals surface area (Å²) in [5, 5.41) is 0.766. The van der Waals surface area contributed by atoms with E-state index in [0.717, 1.165) is 22.7 Å². The number of ether oxygens (including phenoxy) is 2. The topological polar surface area (TPSA) is 60.1 Å². The summed E-state index contributed by atoms with van der Waals surface area (Å²) in [4.78, 5) is 6.26. The Kier molecular flexibility index (Phi) is 11.2. The van der Waals surface area contributed by atoms with Crippen LogP contribution in [0.1, 0.15) is 44.2 Å². The van der Waals surface area contributed by atoms with Crippen molar-refractivity contribution in [3.8, 4) is 0 Å². The number of benzene rings is 1. The number of nitrogens with zero attached hydrogens (tertiary/aromatic N) is 2. The Bertz CT molecular complexity index is 664. The number of allylic oxidation sites excluding steroid dienone is 2. The van der Waals surface area contributed by atoms with Crippen molar-refractivity contribution in [2.24, 2.45) is 10.9 Å². The van der Waals surface area contributed by atoms with E-state index >= 15 is 0 Å². The Hall–Kier alpha value is -1.56. The molecule has 0 bridgehead atoms. The number of halogens is 1. The van der Waals surface area contributed by atoms with E-state index in [4.69, 9.17) is 26.8 Å². The first-order valence-corrected chi connectivity index (χ1v) is 10.2. The van der Waals surface area contributed by atoms with Gasteiger partial charge in [-0.15, -0.1) is 0 Å². The number of aliphatic imine (C=N–C) groups is 1. The van der Waals surface area contributed by atoms with Gasteiger partial charge in [0.15, 0.2) is 0 Å². The molecule has 0 unspecified atom stereocenters. The number of methoxy groups -OCH3 is 2. The number of hydrogen-bond acceptors (Lipinski definition) is 5. The Balaban J connectivity index is 0.000000307. The second-order valence-corrected chi connectivity index (χ2v) is 7.51. The fourth-order valence-corrected chi connectivity index (χ4v) is 3.63. The number of nitrogen functional groups attached to an aromatic ring is 1. The van der Waals surface area contributed by atoms with E-state index in [1.807, 2.05) is 19.2 Å². The third-order valence-corrected chi connectivity index (χ3v) is 5.38. The van der Waals surface area contributed by atoms with E-state index in [2.05, 4.69) is 23.7 Å². The van der Waals surface area contributed by atoms with Crippen LogP contribution in [0.3, 0.4) is 0 Å². The zero-order valence-electron chi connectivity index (χ0n) is 18.2. The number of hydrogen-bond donors (Lipinski definition) is 1. The fourth-order valence-electron chi connectivity index (χ4n) is 3.39. The van der Waals surface area contributed by atoms with Crippen molar-refractivity contribution in [3.05, 3.63) is 39.6 Å². The molecule has 2 N–H and O–H groups in total. The highest BCUT2D eigenvalue weighted by Gasteiger charge is 2.27. The molecule has 1 aromatic rings. The summed E-state index contributed by atoms with van der Waals surface area (Å²) in [5.74, 6) is 0.637. The molecule has 6 heteroatoms. The highest BCUT2D eigenvalue weighted by Crippen LogP contribution is 2.36. The maximum atomic E-state index is 5.92. The minimum Gasteiger partial charge on any atom is -0.399 e. The normalized spacial score (nSPS) is 15.0. The monoisotopic (exact) mass is 409 g/mol. The van der Waals surface area contributed by atoms with Gasteiger partial charge in [0.05, 0.1) is 0 Å². The molecule has 28 heavy (non-hydrogen) atoms. The molecule has 0 atom stereocenters. The van der Waals surface area contributed by atoms with Crippen molar-refractivity contribution in [1.82, 2.24) is 4.90 Å². The lowest BCUT2D eigenvalue weighted by atomic mass is 9.81. The summed E-state index contributed by atoms with van der Waals surface area (Å²) >= 11 is 5.92. The van der Waals surface area contributed by atoms with E-state index in [1.165, 1.54) is 36.1 Å². The van der Waals surface area contributed by atoms with Crippen LogP contribution in [0.5, 0.6) is 0 Å². The molecule has 0 radical (unpaired) electrons. The van der Waals surface area contributed by atoms with Crippen molar-refractivity contribution in [1.29, 1.82) is 0 Å². The lowest BCUT2D eigenvalue weighted by Crippen LogP contribution is -2.34. The molecule has 1 aromatic carbocycles. The van der Waals surface area contributed by atoms with Crippen LogP contribution < -0.4 is 5.73 Å². The first-order chi connectivity index (χ1) is 13.4. The van der Waals surface area contributed by atoms with Crippen molar-refractivity contribution >= 4 is 23.5 Å². The minimum atomic E-state index is 0.564. The summed E-state index contributed by atoms with van der Waals surface area (Å²) in [5.41, 5.74) is 11.3. The minimum absolute atomic E-state index is 0.564. The molecule has 158 valence electrons. The van der Waals surface area contributed by atoms with E-state index in [-0.39, 0.29) is 0 Å². The largest absolute Gasteiger partial charge is 0.399 e. The molecule has 0 spiro atoms. The predicted molar refractivity (Wildman–Crippen MR) is 120 cm³/mol. The smallest absolute Gasteiger partial charge is 0.120 e. The maximum absolute atomic E-state index is 5.92. The predicted octanol–water partition coefficient (Wildman–Crippen LogP) is 5.06. The highest BCUT2D eigenvalue weighted by molar-refractivity contribution is 6.31. The van der Waals surface area contributed by atoms with E-state index in [9.17, 15) is 0 Å². The van der Waals surface area contributed by atoms with Gasteiger partial charge in [-0.05, 0) is 67.9 Å². The molecular weight excluding hydrogens is 374 g/mol. The molecule has 1 fully saturated rings. The van der Waals surface area contributed by atoms with Crippen LogP contribution in [0, 0.1) is 12.8 Å². The molecule has 0 aliphatic heterocycles. The van der Waals surface area contributed by atoms with Gasteiger partial charge in [0.2, 0.25) is 0 Å². The first kappa shape index (κ1) is 24.5. The lowest BCUT2D eigenvalue weighted by molar-refractivity contribution is -0.00251. The number of aryl methyl sites for hydroxylation is 1. The van der Waals surface area contributed by atoms with Gasteiger partial charge in [0, 0.05) is 43.9 Å². The Labute approximate surface area is 175 Å². The van der Waals surface area contributed by atoms with Crippen molar-refractivity contribution in [3.63, 3.8) is 0 Å². The van der Waals surface area contributed by atoms with Gasteiger partial charge in [-0.25, -0.2) is 0 Å². The molecule has 0 amide bonds. The van der Waals surface area contributed by atoms with Gasteiger partial charge in [0.1, 0.15) is 13.5 Å². The van der Waals surface area contributed by atoms with E-state index < -0.39 is 0 Å². The summed E-state index contributed by atoms with van der Waals surface area (Å²) in [7, 11) is 5.23. The van der Waals surface area contributed by atoms with Crippen molar-refractivity contribution in [2.45, 2.75) is 46.5 Å². The van der Waals surface area contributed by atoms with Gasteiger partial charge in [-0.3, -0.25) is 4.99 Å². The van der Waals surface area contributed by atoms with Gasteiger partial charge in [0.25, 0.3) is 0 Å². The van der Waals surface area contributed by atoms with Crippen molar-refractivity contribution < 1.29 is 9.47 Å². The van der Waals surface area contributed by atoms with Crippen LogP contribution in [0.2, 0.25) is 5.02 Å². The number of anilines is 1. The van der Waals surface area contributed by atoms with Crippen LogP contribution in [0.25, 0.3) is 0 Å². The van der Waals surface area contributed by atoms with Crippen LogP contribution in [0.15, 0.2) is 28.4 Å². The summed E-state index contributed by atoms with van der Waals surface area (Å²) < 4.78 is 10.5. The van der Waals surface area contributed by atoms with Crippen LogP contribution >= 0.6 is 11.6 Å². The average Bonchev–Trinajstić information content (AvgIpc) is 2.61. The van der Waals surface area contributed by atoms with Crippen molar-refractivity contribution in [2.75, 3.05) is 40.5 Å². The Morgan fingerprint density at radius 3 is 2.32 bits per heavy atom. The standard InChI is InChI=1S/C13H24N2O2.C9H12ClN/c1-11(8-14-2)13(12-6-5-7-12)15(9-16-3)10-17-4;1-3-7-4-8(11)5-9(10)6(7)2/h8,12H,5-7,9-10H2,1-4H3;4-5H,3,11H2,1-2H3/b13-11+,14-8?;. The summed E-state index contributed by atoms with van der Waals surface area (Å²) in [6.45, 7) is 7.35. The third-order valence-electron chi connectivity index (χ3n) is 4.98. The molecule has 1 saturated carbocycles. The van der Waals surface area contributed by atoms with Gasteiger partial charge in [-0.1, -0.05) is 24.9 Å². The second kappa shape index (κ2) is 12.8. The first-order valence-electron chi connectivity index (χ1n) is 9.79. The fraction of sp³-hybridized carbons (Fsp3) is 0.591. The summed E-state index contributed by atoms with van der Waals surface area (Å²) in [6, 6.07) is 3.76. The van der Waals surface area contributed by atoms with E-state index in [0.29, 0.717) is 19.4 Å². The molecule has 5 nitrogen and oxygen atoms in total. The molecule has 1 aliphatic rings. The zero-order valence-corrected chi connectivity index (χ0v) is 19.0. The van der Waals surface area contributed by atoms with Crippen LogP contribution in [-0.4, -0.2) is 45.8 Å². The van der Waals surface area contributed by atoms with E-state index in [1.54, 1.807) is 27.3 Å². The molecule has 1 aliphatic carbocycles. The number of rotatable bonds is 8. The van der Waals surface area contributed by atoms with Gasteiger partial charge >= 0.3 is 0 Å².